The number of carbonyl (C=O) groups is 1. The van der Waals surface area contributed by atoms with Crippen LogP contribution in [0.3, 0.4) is 0 Å². The molecule has 5 nitrogen and oxygen atoms in total. The molecule has 13 heavy (non-hydrogen) atoms. The molecule has 0 saturated heterocycles. The van der Waals surface area contributed by atoms with Crippen LogP contribution in [-0.2, 0) is 4.65 Å². The summed E-state index contributed by atoms with van der Waals surface area (Å²) in [5.41, 5.74) is 0. The predicted molar refractivity (Wildman–Crippen MR) is 42.4 cm³/mol. The molecule has 0 aliphatic carbocycles. The number of rotatable bonds is 1. The molecule has 1 heterocycles. The molecule has 1 radical (unpaired) electrons. The zero-order valence-corrected chi connectivity index (χ0v) is 10.2. The summed E-state index contributed by atoms with van der Waals surface area (Å²) in [6.45, 7) is 0. The largest absolute Gasteiger partial charge is 1.00 e. The Kier molecular flexibility index (Phi) is 14.4. The molecule has 0 bridgehead atoms. The van der Waals surface area contributed by atoms with Crippen molar-refractivity contribution >= 4 is 13.8 Å². The Hall–Kier alpha value is 0.0813. The van der Waals surface area contributed by atoms with Gasteiger partial charge in [0.1, 0.15) is 0 Å². The number of aromatic nitrogens is 1. The fourth-order valence-electron chi connectivity index (χ4n) is 0.358. The van der Waals surface area contributed by atoms with E-state index in [-0.39, 0.29) is 60.5 Å². The quantitative estimate of drug-likeness (QED) is 0.495. The maximum atomic E-state index is 9.19. The van der Waals surface area contributed by atoms with Crippen molar-refractivity contribution in [2.45, 2.75) is 0 Å². The van der Waals surface area contributed by atoms with Gasteiger partial charge in [0.25, 0.3) is 0 Å². The van der Waals surface area contributed by atoms with Crippen LogP contribution in [0.15, 0.2) is 30.6 Å². The Bertz CT molecular complexity index is 190. The van der Waals surface area contributed by atoms with Crippen molar-refractivity contribution in [3.8, 4) is 0 Å². The van der Waals surface area contributed by atoms with E-state index in [1.165, 1.54) is 0 Å². The fraction of sp³-hybridized carbons (Fsp3) is 0. The molecule has 0 atom stereocenters. The van der Waals surface area contributed by atoms with Crippen LogP contribution in [0, 0.1) is 0 Å². The molecule has 0 aliphatic heterocycles. The van der Waals surface area contributed by atoms with Gasteiger partial charge in [0, 0.05) is 12.4 Å². The van der Waals surface area contributed by atoms with E-state index >= 15 is 0 Å². The van der Waals surface area contributed by atoms with Crippen LogP contribution >= 0.6 is 0 Å². The molecular formula is C6H8BKNO4. The second kappa shape index (κ2) is 12.1. The van der Waals surface area contributed by atoms with Crippen LogP contribution in [0.2, 0.25) is 0 Å². The maximum Gasteiger partial charge on any atom is 1.00 e. The number of pyridine rings is 1. The second-order valence-electron chi connectivity index (χ2n) is 1.51. The van der Waals surface area contributed by atoms with Gasteiger partial charge < -0.3 is 16.2 Å². The molecule has 1 aromatic heterocycles. The average molecular weight is 208 g/mol. The van der Waals surface area contributed by atoms with E-state index in [0.717, 1.165) is 0 Å². The molecule has 1 rings (SSSR count). The summed E-state index contributed by atoms with van der Waals surface area (Å²) < 4.78 is 3.39. The van der Waals surface area contributed by atoms with E-state index in [0.29, 0.717) is 0 Å². The first-order valence-electron chi connectivity index (χ1n) is 2.98. The van der Waals surface area contributed by atoms with Gasteiger partial charge in [-0.3, -0.25) is 4.98 Å². The van der Waals surface area contributed by atoms with Crippen molar-refractivity contribution < 1.29 is 72.4 Å². The zero-order chi connectivity index (χ0) is 9.23. The summed E-state index contributed by atoms with van der Waals surface area (Å²) in [5.74, 6) is 0. The molecule has 0 spiro atoms. The summed E-state index contributed by atoms with van der Waals surface area (Å²) in [4.78, 5) is 13.0. The van der Waals surface area contributed by atoms with Gasteiger partial charge in [0.15, 0.2) is 0 Å². The summed E-state index contributed by atoms with van der Waals surface area (Å²) in [5, 5.41) is 15.0. The van der Waals surface area contributed by atoms with Crippen molar-refractivity contribution in [3.63, 3.8) is 0 Å². The Labute approximate surface area is 120 Å². The molecule has 0 saturated carbocycles. The Balaban J connectivity index is -0.000000151. The number of hydrogen-bond donors (Lipinski definition) is 2. The summed E-state index contributed by atoms with van der Waals surface area (Å²) in [6.07, 6.45) is 1.98. The molecular weight excluding hydrogens is 200 g/mol. The first kappa shape index (κ1) is 15.5. The van der Waals surface area contributed by atoms with Crippen molar-refractivity contribution in [1.29, 1.82) is 0 Å². The predicted octanol–water partition coefficient (Wildman–Crippen LogP) is -2.59. The van der Waals surface area contributed by atoms with Crippen LogP contribution in [-0.4, -0.2) is 29.0 Å². The van der Waals surface area contributed by atoms with Crippen molar-refractivity contribution in [2.75, 3.05) is 0 Å². The van der Waals surface area contributed by atoms with Crippen molar-refractivity contribution in [2.24, 2.45) is 0 Å². The van der Waals surface area contributed by atoms with Gasteiger partial charge >= 0.3 is 65.2 Å². The SMILES string of the molecule is O=C(O)O[B]O.[H-].[K+].c1ccncc1. The molecule has 0 unspecified atom stereocenters. The monoisotopic (exact) mass is 208 g/mol. The van der Waals surface area contributed by atoms with E-state index in [1.54, 1.807) is 12.4 Å². The summed E-state index contributed by atoms with van der Waals surface area (Å²) in [7, 11) is 0.0995. The molecule has 65 valence electrons. The van der Waals surface area contributed by atoms with Crippen LogP contribution in [0.25, 0.3) is 0 Å². The minimum Gasteiger partial charge on any atom is -1.00 e. The van der Waals surface area contributed by atoms with Gasteiger partial charge in [-0.2, -0.15) is 0 Å². The number of nitrogens with zero attached hydrogens (tertiary/aromatic N) is 1. The Morgan fingerprint density at radius 2 is 1.92 bits per heavy atom. The van der Waals surface area contributed by atoms with Crippen molar-refractivity contribution in [1.82, 2.24) is 4.98 Å². The smallest absolute Gasteiger partial charge is 1.00 e. The molecule has 0 fully saturated rings. The third-order valence-corrected chi connectivity index (χ3v) is 0.720. The van der Waals surface area contributed by atoms with Gasteiger partial charge in [-0.1, -0.05) is 6.07 Å². The third kappa shape index (κ3) is 14.9. The van der Waals surface area contributed by atoms with Crippen LogP contribution in [0.4, 0.5) is 4.79 Å². The first-order valence-corrected chi connectivity index (χ1v) is 2.98. The molecule has 1 aromatic rings. The standard InChI is InChI=1S/C5H5N.CH2BO4.K.H/c1-2-4-6-5-3-1;3-1(4)6-2-5;;/h1-5H;5H,(H,3,4);;/q;;+1;-1. The van der Waals surface area contributed by atoms with Gasteiger partial charge in [0.2, 0.25) is 0 Å². The first-order chi connectivity index (χ1) is 5.77. The molecule has 2 N–H and O–H groups in total. The number of carboxylic acid groups (broad SMARTS) is 1. The van der Waals surface area contributed by atoms with Crippen molar-refractivity contribution in [3.05, 3.63) is 30.6 Å². The fourth-order valence-corrected chi connectivity index (χ4v) is 0.358. The van der Waals surface area contributed by atoms with E-state index in [4.69, 9.17) is 10.1 Å². The van der Waals surface area contributed by atoms with E-state index in [1.807, 2.05) is 18.2 Å². The zero-order valence-electron chi connectivity index (χ0n) is 8.12. The summed E-state index contributed by atoms with van der Waals surface area (Å²) in [6, 6.07) is 5.72. The molecule has 7 heteroatoms. The average Bonchev–Trinajstić information content (AvgIpc) is 2.08. The molecule has 0 aliphatic rings. The molecule has 0 amide bonds. The third-order valence-electron chi connectivity index (χ3n) is 0.720. The number of hydrogen-bond acceptors (Lipinski definition) is 4. The normalized spacial score (nSPS) is 6.85. The topological polar surface area (TPSA) is 79.7 Å². The van der Waals surface area contributed by atoms with Gasteiger partial charge in [0.05, 0.1) is 0 Å². The van der Waals surface area contributed by atoms with Crippen LogP contribution < -0.4 is 51.4 Å². The Morgan fingerprint density at radius 3 is 2.00 bits per heavy atom. The van der Waals surface area contributed by atoms with Gasteiger partial charge in [-0.15, -0.1) is 0 Å². The molecule has 0 aromatic carbocycles. The maximum absolute atomic E-state index is 9.19. The van der Waals surface area contributed by atoms with E-state index in [2.05, 4.69) is 9.64 Å². The summed E-state index contributed by atoms with van der Waals surface area (Å²) >= 11 is 0. The minimum absolute atomic E-state index is 0. The van der Waals surface area contributed by atoms with Crippen LogP contribution in [0.1, 0.15) is 1.43 Å². The second-order valence-corrected chi connectivity index (χ2v) is 1.51. The van der Waals surface area contributed by atoms with E-state index < -0.39 is 6.16 Å². The van der Waals surface area contributed by atoms with Gasteiger partial charge in [-0.25, -0.2) is 4.79 Å². The van der Waals surface area contributed by atoms with Gasteiger partial charge in [-0.05, 0) is 12.1 Å². The van der Waals surface area contributed by atoms with Crippen LogP contribution in [0.5, 0.6) is 0 Å². The van der Waals surface area contributed by atoms with E-state index in [9.17, 15) is 4.79 Å². The minimum atomic E-state index is -1.52. The Morgan fingerprint density at radius 1 is 1.38 bits per heavy atom.